The first-order valence-electron chi connectivity index (χ1n) is 18.5. The van der Waals surface area contributed by atoms with E-state index in [4.69, 9.17) is 0 Å². The molecule has 0 amide bonds. The van der Waals surface area contributed by atoms with Gasteiger partial charge in [-0.3, -0.25) is 0 Å². The maximum absolute atomic E-state index is 2.48. The van der Waals surface area contributed by atoms with Gasteiger partial charge in [0.1, 0.15) is 0 Å². The Morgan fingerprint density at radius 1 is 0.259 bits per heavy atom. The largest absolute Gasteiger partial charge is 0.135 e. The molecule has 0 fully saturated rings. The molecule has 0 saturated heterocycles. The highest BCUT2D eigenvalue weighted by Crippen LogP contribution is 2.53. The molecule has 0 radical (unpaired) electrons. The number of hydrogen-bond acceptors (Lipinski definition) is 2. The second kappa shape index (κ2) is 11.6. The fourth-order valence-electron chi connectivity index (χ4n) is 8.96. The molecule has 2 heterocycles. The van der Waals surface area contributed by atoms with Crippen molar-refractivity contribution in [1.29, 1.82) is 0 Å². The summed E-state index contributed by atoms with van der Waals surface area (Å²) in [7, 11) is 0. The van der Waals surface area contributed by atoms with Crippen molar-refractivity contribution >= 4 is 106 Å². The Kier molecular flexibility index (Phi) is 6.48. The maximum atomic E-state index is 2.48. The van der Waals surface area contributed by atoms with Crippen LogP contribution in [0.3, 0.4) is 0 Å². The van der Waals surface area contributed by atoms with Gasteiger partial charge >= 0.3 is 0 Å². The lowest BCUT2D eigenvalue weighted by atomic mass is 9.84. The van der Waals surface area contributed by atoms with E-state index in [9.17, 15) is 0 Å². The summed E-state index contributed by atoms with van der Waals surface area (Å²) in [5.74, 6) is 0. The van der Waals surface area contributed by atoms with Crippen molar-refractivity contribution in [3.63, 3.8) is 0 Å². The smallest absolute Gasteiger partial charge is 0.0441 e. The average molecular weight is 719 g/mol. The normalized spacial score (nSPS) is 12.1. The number of thiophene rings is 2. The van der Waals surface area contributed by atoms with E-state index in [1.807, 2.05) is 22.7 Å². The standard InChI is InChI=1S/C52H30S2/c1-2-12-31(13-3-1)34-22-23-36-27-37(25-24-35(36)26-34)48-38-16-6-8-18-40(38)49(41-19-9-7-17-39(41)48)51-50-42-20-10-11-21-45(42)53-47(50)30-44-43-28-32-14-4-5-15-33(32)29-46(43)54-52(44)51/h1-30H. The molecule has 2 aromatic heterocycles. The highest BCUT2D eigenvalue weighted by Gasteiger charge is 2.24. The van der Waals surface area contributed by atoms with E-state index in [0.717, 1.165) is 0 Å². The van der Waals surface area contributed by atoms with E-state index in [-0.39, 0.29) is 0 Å². The topological polar surface area (TPSA) is 0 Å². The van der Waals surface area contributed by atoms with Crippen molar-refractivity contribution in [2.75, 3.05) is 0 Å². The van der Waals surface area contributed by atoms with Gasteiger partial charge in [0.15, 0.2) is 0 Å². The van der Waals surface area contributed by atoms with Crippen LogP contribution in [0.15, 0.2) is 182 Å². The Labute approximate surface area is 319 Å². The van der Waals surface area contributed by atoms with Crippen molar-refractivity contribution < 1.29 is 0 Å². The molecule has 0 aliphatic heterocycles. The van der Waals surface area contributed by atoms with E-state index in [1.165, 1.54) is 117 Å². The van der Waals surface area contributed by atoms with Gasteiger partial charge in [-0.05, 0) is 107 Å². The van der Waals surface area contributed by atoms with Crippen LogP contribution in [-0.4, -0.2) is 0 Å². The first-order chi connectivity index (χ1) is 26.8. The van der Waals surface area contributed by atoms with Crippen LogP contribution < -0.4 is 0 Å². The predicted molar refractivity (Wildman–Crippen MR) is 239 cm³/mol. The van der Waals surface area contributed by atoms with Crippen LogP contribution in [0, 0.1) is 0 Å². The van der Waals surface area contributed by atoms with Crippen molar-refractivity contribution in [2.45, 2.75) is 0 Å². The van der Waals surface area contributed by atoms with Crippen LogP contribution in [0.5, 0.6) is 0 Å². The summed E-state index contributed by atoms with van der Waals surface area (Å²) in [6.45, 7) is 0. The molecule has 54 heavy (non-hydrogen) atoms. The van der Waals surface area contributed by atoms with Gasteiger partial charge in [-0.1, -0.05) is 146 Å². The molecule has 10 aromatic carbocycles. The Balaban J connectivity index is 1.19. The SMILES string of the molecule is c1ccc(-c2ccc3cc(-c4c5ccccc5c(-c5c6sc7cc8ccccc8cc7c6cc6sc7ccccc7c56)c5ccccc45)ccc3c2)cc1. The Morgan fingerprint density at radius 3 is 1.54 bits per heavy atom. The Morgan fingerprint density at radius 2 is 0.815 bits per heavy atom. The van der Waals surface area contributed by atoms with E-state index >= 15 is 0 Å². The van der Waals surface area contributed by atoms with Gasteiger partial charge < -0.3 is 0 Å². The van der Waals surface area contributed by atoms with Crippen molar-refractivity contribution in [3.05, 3.63) is 182 Å². The minimum Gasteiger partial charge on any atom is -0.135 e. The van der Waals surface area contributed by atoms with Gasteiger partial charge in [-0.25, -0.2) is 0 Å². The highest BCUT2D eigenvalue weighted by molar-refractivity contribution is 7.28. The number of fused-ring (bicyclic) bond motifs is 10. The Hall–Kier alpha value is -6.32. The van der Waals surface area contributed by atoms with Crippen molar-refractivity contribution in [2.24, 2.45) is 0 Å². The lowest BCUT2D eigenvalue weighted by Crippen LogP contribution is -1.92. The predicted octanol–water partition coefficient (Wildman–Crippen LogP) is 16.0. The summed E-state index contributed by atoms with van der Waals surface area (Å²) in [5, 5.41) is 15.6. The van der Waals surface area contributed by atoms with Gasteiger partial charge in [0.05, 0.1) is 0 Å². The average Bonchev–Trinajstić information content (AvgIpc) is 3.78. The summed E-state index contributed by atoms with van der Waals surface area (Å²) in [4.78, 5) is 0. The molecule has 2 heteroatoms. The van der Waals surface area contributed by atoms with E-state index < -0.39 is 0 Å². The molecule has 0 nitrogen and oxygen atoms in total. The summed E-state index contributed by atoms with van der Waals surface area (Å²) >= 11 is 3.86. The molecule has 0 aliphatic rings. The number of benzene rings is 10. The Bertz CT molecular complexity index is 3430. The summed E-state index contributed by atoms with van der Waals surface area (Å²) in [6.07, 6.45) is 0. The van der Waals surface area contributed by atoms with Gasteiger partial charge in [0.25, 0.3) is 0 Å². The van der Waals surface area contributed by atoms with Crippen LogP contribution in [0.25, 0.3) is 117 Å². The van der Waals surface area contributed by atoms with Crippen LogP contribution >= 0.6 is 22.7 Å². The molecular formula is C52H30S2. The lowest BCUT2D eigenvalue weighted by Gasteiger charge is -2.19. The molecule has 0 spiro atoms. The lowest BCUT2D eigenvalue weighted by molar-refractivity contribution is 1.64. The molecule has 0 atom stereocenters. The molecular weight excluding hydrogens is 689 g/mol. The van der Waals surface area contributed by atoms with Crippen LogP contribution in [-0.2, 0) is 0 Å². The molecule has 250 valence electrons. The first kappa shape index (κ1) is 30.2. The van der Waals surface area contributed by atoms with Crippen molar-refractivity contribution in [1.82, 2.24) is 0 Å². The highest BCUT2D eigenvalue weighted by atomic mass is 32.1. The molecule has 0 bridgehead atoms. The van der Waals surface area contributed by atoms with E-state index in [1.54, 1.807) is 0 Å². The molecule has 12 aromatic rings. The van der Waals surface area contributed by atoms with Gasteiger partial charge in [-0.15, -0.1) is 22.7 Å². The van der Waals surface area contributed by atoms with Crippen molar-refractivity contribution in [3.8, 4) is 33.4 Å². The maximum Gasteiger partial charge on any atom is 0.0441 e. The third-order valence-electron chi connectivity index (χ3n) is 11.4. The summed E-state index contributed by atoms with van der Waals surface area (Å²) in [6, 6.07) is 67.8. The number of rotatable bonds is 3. The molecule has 0 unspecified atom stereocenters. The van der Waals surface area contributed by atoms with E-state index in [0.29, 0.717) is 0 Å². The van der Waals surface area contributed by atoms with Crippen LogP contribution in [0.4, 0.5) is 0 Å². The van der Waals surface area contributed by atoms with Crippen LogP contribution in [0.1, 0.15) is 0 Å². The quantitative estimate of drug-likeness (QED) is 0.160. The molecule has 12 rings (SSSR count). The third-order valence-corrected chi connectivity index (χ3v) is 13.7. The zero-order valence-electron chi connectivity index (χ0n) is 29.1. The van der Waals surface area contributed by atoms with Gasteiger partial charge in [0.2, 0.25) is 0 Å². The zero-order chi connectivity index (χ0) is 35.3. The fourth-order valence-corrected chi connectivity index (χ4v) is 11.4. The summed E-state index contributed by atoms with van der Waals surface area (Å²) < 4.78 is 5.37. The minimum absolute atomic E-state index is 1.24. The zero-order valence-corrected chi connectivity index (χ0v) is 30.8. The second-order valence-corrected chi connectivity index (χ2v) is 16.5. The van der Waals surface area contributed by atoms with Gasteiger partial charge in [0, 0.05) is 45.9 Å². The minimum atomic E-state index is 1.24. The van der Waals surface area contributed by atoms with E-state index in [2.05, 4.69) is 182 Å². The summed E-state index contributed by atoms with van der Waals surface area (Å²) in [5.41, 5.74) is 7.70. The molecule has 0 saturated carbocycles. The van der Waals surface area contributed by atoms with Crippen LogP contribution in [0.2, 0.25) is 0 Å². The molecule has 0 N–H and O–H groups in total. The first-order valence-corrected chi connectivity index (χ1v) is 20.1. The third kappa shape index (κ3) is 4.42. The number of hydrogen-bond donors (Lipinski definition) is 0. The monoisotopic (exact) mass is 718 g/mol. The molecule has 0 aliphatic carbocycles. The fraction of sp³-hybridized carbons (Fsp3) is 0. The second-order valence-electron chi connectivity index (χ2n) is 14.4. The van der Waals surface area contributed by atoms with Gasteiger partial charge in [-0.2, -0.15) is 0 Å².